The van der Waals surface area contributed by atoms with Crippen molar-refractivity contribution >= 4 is 5.82 Å². The fourth-order valence-corrected chi connectivity index (χ4v) is 4.23. The van der Waals surface area contributed by atoms with Crippen LogP contribution in [0.5, 0.6) is 0 Å². The molecule has 6 nitrogen and oxygen atoms in total. The van der Waals surface area contributed by atoms with Crippen LogP contribution in [-0.2, 0) is 17.6 Å². The molecule has 2 saturated heterocycles. The summed E-state index contributed by atoms with van der Waals surface area (Å²) in [6, 6.07) is 0.688. The minimum absolute atomic E-state index is 0.688. The molecule has 0 spiro atoms. The van der Waals surface area contributed by atoms with Gasteiger partial charge in [-0.15, -0.1) is 0 Å². The highest BCUT2D eigenvalue weighted by Gasteiger charge is 2.27. The average molecular weight is 331 g/mol. The zero-order valence-electron chi connectivity index (χ0n) is 14.8. The van der Waals surface area contributed by atoms with E-state index < -0.39 is 0 Å². The van der Waals surface area contributed by atoms with Crippen molar-refractivity contribution in [3.63, 3.8) is 0 Å². The molecule has 2 fully saturated rings. The lowest BCUT2D eigenvalue weighted by Crippen LogP contribution is -2.45. The third-order valence-corrected chi connectivity index (χ3v) is 5.81. The summed E-state index contributed by atoms with van der Waals surface area (Å²) in [5.74, 6) is 1.20. The van der Waals surface area contributed by atoms with E-state index in [-0.39, 0.29) is 0 Å². The van der Waals surface area contributed by atoms with Gasteiger partial charge >= 0.3 is 0 Å². The van der Waals surface area contributed by atoms with Gasteiger partial charge in [0.2, 0.25) is 0 Å². The highest BCUT2D eigenvalue weighted by molar-refractivity contribution is 5.49. The molecular formula is C18H29N5O. The van der Waals surface area contributed by atoms with Crippen molar-refractivity contribution in [1.82, 2.24) is 19.8 Å². The molecule has 0 saturated carbocycles. The van der Waals surface area contributed by atoms with Crippen molar-refractivity contribution in [2.45, 2.75) is 31.7 Å². The second-order valence-electron chi connectivity index (χ2n) is 7.29. The molecule has 4 rings (SSSR count). The van der Waals surface area contributed by atoms with Crippen molar-refractivity contribution in [1.29, 1.82) is 0 Å². The Labute approximate surface area is 144 Å². The van der Waals surface area contributed by atoms with Gasteiger partial charge in [0.15, 0.2) is 0 Å². The van der Waals surface area contributed by atoms with Gasteiger partial charge in [0.1, 0.15) is 12.1 Å². The molecule has 1 aromatic heterocycles. The van der Waals surface area contributed by atoms with Crippen LogP contribution in [0, 0.1) is 0 Å². The van der Waals surface area contributed by atoms with Gasteiger partial charge in [0.25, 0.3) is 0 Å². The second kappa shape index (κ2) is 7.33. The van der Waals surface area contributed by atoms with Crippen LogP contribution < -0.4 is 4.90 Å². The Morgan fingerprint density at radius 1 is 0.958 bits per heavy atom. The maximum Gasteiger partial charge on any atom is 0.135 e. The molecule has 0 radical (unpaired) electrons. The SMILES string of the molecule is CN1CCN(c2ncnc3c2CCN(C2CCOCC2)CC3)CC1. The maximum absolute atomic E-state index is 5.53. The van der Waals surface area contributed by atoms with Crippen LogP contribution in [0.1, 0.15) is 24.1 Å². The fourth-order valence-electron chi connectivity index (χ4n) is 4.23. The first-order valence-electron chi connectivity index (χ1n) is 9.39. The van der Waals surface area contributed by atoms with Gasteiger partial charge in [-0.05, 0) is 26.3 Å². The monoisotopic (exact) mass is 331 g/mol. The zero-order valence-corrected chi connectivity index (χ0v) is 14.8. The van der Waals surface area contributed by atoms with Crippen LogP contribution in [0.4, 0.5) is 5.82 Å². The third-order valence-electron chi connectivity index (χ3n) is 5.81. The summed E-state index contributed by atoms with van der Waals surface area (Å²) in [4.78, 5) is 16.8. The number of hydrogen-bond acceptors (Lipinski definition) is 6. The molecule has 0 aliphatic carbocycles. The number of fused-ring (bicyclic) bond motifs is 1. The van der Waals surface area contributed by atoms with Gasteiger partial charge in [-0.25, -0.2) is 9.97 Å². The summed E-state index contributed by atoms with van der Waals surface area (Å²) in [6.07, 6.45) is 6.25. The van der Waals surface area contributed by atoms with Crippen LogP contribution in [0.15, 0.2) is 6.33 Å². The number of rotatable bonds is 2. The van der Waals surface area contributed by atoms with Gasteiger partial charge in [-0.2, -0.15) is 0 Å². The third kappa shape index (κ3) is 3.41. The van der Waals surface area contributed by atoms with E-state index in [0.29, 0.717) is 6.04 Å². The number of anilines is 1. The Morgan fingerprint density at radius 2 is 1.71 bits per heavy atom. The van der Waals surface area contributed by atoms with Crippen molar-refractivity contribution in [2.75, 3.05) is 64.4 Å². The van der Waals surface area contributed by atoms with Crippen LogP contribution in [0.3, 0.4) is 0 Å². The van der Waals surface area contributed by atoms with Gasteiger partial charge < -0.3 is 14.5 Å². The second-order valence-corrected chi connectivity index (χ2v) is 7.29. The van der Waals surface area contributed by atoms with E-state index >= 15 is 0 Å². The smallest absolute Gasteiger partial charge is 0.135 e. The first-order valence-corrected chi connectivity index (χ1v) is 9.39. The van der Waals surface area contributed by atoms with Crippen LogP contribution >= 0.6 is 0 Å². The lowest BCUT2D eigenvalue weighted by Gasteiger charge is -2.34. The Hall–Kier alpha value is -1.24. The molecule has 0 unspecified atom stereocenters. The molecular weight excluding hydrogens is 302 g/mol. The van der Waals surface area contributed by atoms with Crippen LogP contribution in [-0.4, -0.2) is 85.3 Å². The molecule has 0 N–H and O–H groups in total. The van der Waals surface area contributed by atoms with Crippen molar-refractivity contribution in [3.05, 3.63) is 17.6 Å². The Balaban J connectivity index is 1.49. The van der Waals surface area contributed by atoms with E-state index in [9.17, 15) is 0 Å². The lowest BCUT2D eigenvalue weighted by molar-refractivity contribution is 0.0355. The van der Waals surface area contributed by atoms with Gasteiger partial charge in [-0.1, -0.05) is 0 Å². The molecule has 3 aliphatic rings. The molecule has 4 heterocycles. The van der Waals surface area contributed by atoms with Crippen LogP contribution in [0.25, 0.3) is 0 Å². The number of nitrogens with zero attached hydrogens (tertiary/aromatic N) is 5. The molecule has 1 aromatic rings. The zero-order chi connectivity index (χ0) is 16.4. The largest absolute Gasteiger partial charge is 0.381 e. The van der Waals surface area contributed by atoms with E-state index in [2.05, 4.69) is 31.7 Å². The Kier molecular flexibility index (Phi) is 4.96. The van der Waals surface area contributed by atoms with Crippen LogP contribution in [0.2, 0.25) is 0 Å². The molecule has 3 aliphatic heterocycles. The lowest BCUT2D eigenvalue weighted by atomic mass is 10.1. The van der Waals surface area contributed by atoms with E-state index in [4.69, 9.17) is 4.74 Å². The molecule has 0 atom stereocenters. The molecule has 0 bridgehead atoms. The minimum Gasteiger partial charge on any atom is -0.381 e. The van der Waals surface area contributed by atoms with Gasteiger partial charge in [0, 0.05) is 70.5 Å². The highest BCUT2D eigenvalue weighted by Crippen LogP contribution is 2.26. The Morgan fingerprint density at radius 3 is 2.50 bits per heavy atom. The molecule has 0 aromatic carbocycles. The quantitative estimate of drug-likeness (QED) is 0.799. The number of ether oxygens (including phenoxy) is 1. The fraction of sp³-hybridized carbons (Fsp3) is 0.778. The standard InChI is InChI=1S/C18H29N5O/c1-21-8-10-23(11-9-21)18-16-2-6-22(15-4-12-24-13-5-15)7-3-17(16)19-14-20-18/h14-15H,2-13H2,1H3. The van der Waals surface area contributed by atoms with Crippen molar-refractivity contribution < 1.29 is 4.74 Å². The highest BCUT2D eigenvalue weighted by atomic mass is 16.5. The predicted molar refractivity (Wildman–Crippen MR) is 94.6 cm³/mol. The van der Waals surface area contributed by atoms with E-state index in [1.165, 1.54) is 29.9 Å². The van der Waals surface area contributed by atoms with Gasteiger partial charge in [-0.3, -0.25) is 4.90 Å². The number of piperazine rings is 1. The van der Waals surface area contributed by atoms with E-state index in [1.807, 2.05) is 0 Å². The van der Waals surface area contributed by atoms with Gasteiger partial charge in [0.05, 0.1) is 5.69 Å². The number of aromatic nitrogens is 2. The summed E-state index contributed by atoms with van der Waals surface area (Å²) < 4.78 is 5.53. The topological polar surface area (TPSA) is 44.7 Å². The molecule has 132 valence electrons. The summed E-state index contributed by atoms with van der Waals surface area (Å²) in [5, 5.41) is 0. The summed E-state index contributed by atoms with van der Waals surface area (Å²) in [7, 11) is 2.20. The average Bonchev–Trinajstić information content (AvgIpc) is 2.86. The summed E-state index contributed by atoms with van der Waals surface area (Å²) >= 11 is 0. The van der Waals surface area contributed by atoms with E-state index in [0.717, 1.165) is 65.3 Å². The van der Waals surface area contributed by atoms with E-state index in [1.54, 1.807) is 6.33 Å². The first-order chi connectivity index (χ1) is 11.8. The molecule has 24 heavy (non-hydrogen) atoms. The molecule has 0 amide bonds. The van der Waals surface area contributed by atoms with Crippen molar-refractivity contribution in [2.24, 2.45) is 0 Å². The summed E-state index contributed by atoms with van der Waals surface area (Å²) in [5.41, 5.74) is 2.67. The maximum atomic E-state index is 5.53. The number of likely N-dealkylation sites (N-methyl/N-ethyl adjacent to an activating group) is 1. The predicted octanol–water partition coefficient (Wildman–Crippen LogP) is 0.808. The first kappa shape index (κ1) is 16.2. The molecule has 6 heteroatoms. The minimum atomic E-state index is 0.688. The number of hydrogen-bond donors (Lipinski definition) is 0. The normalized spacial score (nSPS) is 24.6. The Bertz CT molecular complexity index is 552. The summed E-state index contributed by atoms with van der Waals surface area (Å²) in [6.45, 7) is 8.47. The van der Waals surface area contributed by atoms with Crippen molar-refractivity contribution in [3.8, 4) is 0 Å².